The SMILES string of the molecule is CCC=CCCOc1c(OC)c2c(OC/C=C(\C)CCC=C(C)C)cccc2oc1=O. The summed E-state index contributed by atoms with van der Waals surface area (Å²) in [4.78, 5) is 12.5. The Morgan fingerprint density at radius 3 is 2.55 bits per heavy atom. The first-order chi connectivity index (χ1) is 15.0. The predicted octanol–water partition coefficient (Wildman–Crippen LogP) is 6.61. The molecule has 31 heavy (non-hydrogen) atoms. The Hall–Kier alpha value is -2.95. The molecule has 2 rings (SSSR count). The standard InChI is InChI=1S/C26H34O5/c1-6-7-8-9-17-30-25-24(28-5)23-21(14-11-15-22(23)31-26(25)27)29-18-16-20(4)13-10-12-19(2)3/h7-8,11-12,14-16H,6,9-10,13,17-18H2,1-5H3/b8-7?,20-16+. The Bertz CT molecular complexity index is 991. The van der Waals surface area contributed by atoms with Crippen LogP contribution in [0, 0.1) is 0 Å². The van der Waals surface area contributed by atoms with Gasteiger partial charge < -0.3 is 18.6 Å². The van der Waals surface area contributed by atoms with Crippen LogP contribution in [0.5, 0.6) is 17.2 Å². The third-order valence-electron chi connectivity index (χ3n) is 4.71. The summed E-state index contributed by atoms with van der Waals surface area (Å²) in [5.41, 5.74) is 2.44. The average molecular weight is 427 g/mol. The van der Waals surface area contributed by atoms with Gasteiger partial charge in [0.05, 0.1) is 13.7 Å². The van der Waals surface area contributed by atoms with Crippen LogP contribution in [0.15, 0.2) is 62.9 Å². The Morgan fingerprint density at radius 1 is 1.03 bits per heavy atom. The Morgan fingerprint density at radius 2 is 1.84 bits per heavy atom. The van der Waals surface area contributed by atoms with Crippen LogP contribution in [0.25, 0.3) is 11.0 Å². The molecule has 168 valence electrons. The van der Waals surface area contributed by atoms with E-state index in [1.165, 1.54) is 18.3 Å². The van der Waals surface area contributed by atoms with Gasteiger partial charge in [-0.15, -0.1) is 0 Å². The number of hydrogen-bond acceptors (Lipinski definition) is 5. The first kappa shape index (κ1) is 24.3. The van der Waals surface area contributed by atoms with E-state index in [2.05, 4.69) is 45.9 Å². The van der Waals surface area contributed by atoms with Crippen molar-refractivity contribution in [1.82, 2.24) is 0 Å². The van der Waals surface area contributed by atoms with Gasteiger partial charge in [-0.25, -0.2) is 4.79 Å². The average Bonchev–Trinajstić information content (AvgIpc) is 2.73. The van der Waals surface area contributed by atoms with Gasteiger partial charge in [-0.2, -0.15) is 0 Å². The monoisotopic (exact) mass is 426 g/mol. The topological polar surface area (TPSA) is 57.9 Å². The molecule has 0 fully saturated rings. The Kier molecular flexibility index (Phi) is 9.95. The first-order valence-corrected chi connectivity index (χ1v) is 10.8. The second-order valence-corrected chi connectivity index (χ2v) is 7.58. The van der Waals surface area contributed by atoms with Crippen molar-refractivity contribution in [2.45, 2.75) is 53.4 Å². The number of ether oxygens (including phenoxy) is 3. The number of fused-ring (bicyclic) bond motifs is 1. The van der Waals surface area contributed by atoms with Crippen LogP contribution in [-0.4, -0.2) is 20.3 Å². The smallest absolute Gasteiger partial charge is 0.383 e. The quantitative estimate of drug-likeness (QED) is 0.217. The highest BCUT2D eigenvalue weighted by Gasteiger charge is 2.20. The van der Waals surface area contributed by atoms with E-state index >= 15 is 0 Å². The van der Waals surface area contributed by atoms with E-state index < -0.39 is 5.63 Å². The molecule has 0 aliphatic carbocycles. The summed E-state index contributed by atoms with van der Waals surface area (Å²) in [6, 6.07) is 5.35. The molecule has 5 nitrogen and oxygen atoms in total. The van der Waals surface area contributed by atoms with Crippen LogP contribution in [0.2, 0.25) is 0 Å². The number of allylic oxidation sites excluding steroid dienone is 4. The molecule has 5 heteroatoms. The molecule has 1 heterocycles. The molecule has 1 aromatic carbocycles. The molecule has 0 atom stereocenters. The van der Waals surface area contributed by atoms with Crippen molar-refractivity contribution < 1.29 is 18.6 Å². The Labute approximate surface area is 185 Å². The molecule has 0 radical (unpaired) electrons. The van der Waals surface area contributed by atoms with Crippen LogP contribution in [0.1, 0.15) is 53.4 Å². The minimum absolute atomic E-state index is 0.0735. The zero-order valence-electron chi connectivity index (χ0n) is 19.3. The van der Waals surface area contributed by atoms with Gasteiger partial charge in [-0.1, -0.05) is 42.4 Å². The lowest BCUT2D eigenvalue weighted by atomic mass is 10.1. The van der Waals surface area contributed by atoms with E-state index in [9.17, 15) is 4.79 Å². The van der Waals surface area contributed by atoms with Gasteiger partial charge in [0.2, 0.25) is 5.75 Å². The first-order valence-electron chi connectivity index (χ1n) is 10.8. The summed E-state index contributed by atoms with van der Waals surface area (Å²) in [5, 5.41) is 0.597. The van der Waals surface area contributed by atoms with E-state index in [0.717, 1.165) is 19.3 Å². The van der Waals surface area contributed by atoms with Crippen molar-refractivity contribution in [3.8, 4) is 17.2 Å². The summed E-state index contributed by atoms with van der Waals surface area (Å²) in [6.45, 7) is 9.16. The molecule has 0 amide bonds. The molecule has 0 spiro atoms. The number of benzene rings is 1. The minimum atomic E-state index is -0.559. The summed E-state index contributed by atoms with van der Waals surface area (Å²) in [5.74, 6) is 0.997. The van der Waals surface area contributed by atoms with Gasteiger partial charge in [0.25, 0.3) is 0 Å². The third kappa shape index (κ3) is 7.35. The van der Waals surface area contributed by atoms with Crippen molar-refractivity contribution >= 4 is 11.0 Å². The summed E-state index contributed by atoms with van der Waals surface area (Å²) in [7, 11) is 1.52. The van der Waals surface area contributed by atoms with Gasteiger partial charge in [0, 0.05) is 0 Å². The molecular weight excluding hydrogens is 392 g/mol. The lowest BCUT2D eigenvalue weighted by Crippen LogP contribution is -2.10. The lowest BCUT2D eigenvalue weighted by molar-refractivity contribution is 0.284. The molecule has 0 aliphatic rings. The Balaban J connectivity index is 2.23. The maximum absolute atomic E-state index is 12.5. The molecule has 1 aromatic heterocycles. The highest BCUT2D eigenvalue weighted by atomic mass is 16.5. The van der Waals surface area contributed by atoms with Crippen LogP contribution in [0.3, 0.4) is 0 Å². The summed E-state index contributed by atoms with van der Waals surface area (Å²) in [6.07, 6.45) is 12.1. The molecule has 0 N–H and O–H groups in total. The fraction of sp³-hybridized carbons (Fsp3) is 0.423. The molecule has 2 aromatic rings. The highest BCUT2D eigenvalue weighted by Crippen LogP contribution is 2.38. The second kappa shape index (κ2) is 12.7. The van der Waals surface area contributed by atoms with Crippen molar-refractivity contribution in [2.24, 2.45) is 0 Å². The summed E-state index contributed by atoms with van der Waals surface area (Å²) >= 11 is 0. The fourth-order valence-corrected chi connectivity index (χ4v) is 3.09. The van der Waals surface area contributed by atoms with Crippen molar-refractivity contribution in [1.29, 1.82) is 0 Å². The number of methoxy groups -OCH3 is 1. The van der Waals surface area contributed by atoms with E-state index in [-0.39, 0.29) is 5.75 Å². The third-order valence-corrected chi connectivity index (χ3v) is 4.71. The molecule has 0 aliphatic heterocycles. The molecule has 0 unspecified atom stereocenters. The van der Waals surface area contributed by atoms with Crippen LogP contribution in [-0.2, 0) is 0 Å². The lowest BCUT2D eigenvalue weighted by Gasteiger charge is -2.14. The maximum Gasteiger partial charge on any atom is 0.383 e. The molecular formula is C26H34O5. The van der Waals surface area contributed by atoms with Gasteiger partial charge in [0.15, 0.2) is 5.75 Å². The van der Waals surface area contributed by atoms with Crippen LogP contribution < -0.4 is 19.8 Å². The fourth-order valence-electron chi connectivity index (χ4n) is 3.09. The number of hydrogen-bond donors (Lipinski definition) is 0. The van der Waals surface area contributed by atoms with Gasteiger partial charge in [0.1, 0.15) is 23.3 Å². The predicted molar refractivity (Wildman–Crippen MR) is 126 cm³/mol. The summed E-state index contributed by atoms with van der Waals surface area (Å²) < 4.78 is 22.8. The van der Waals surface area contributed by atoms with Crippen LogP contribution in [0.4, 0.5) is 0 Å². The maximum atomic E-state index is 12.5. The normalized spacial score (nSPS) is 11.7. The second-order valence-electron chi connectivity index (χ2n) is 7.58. The van der Waals surface area contributed by atoms with Crippen molar-refractivity contribution in [2.75, 3.05) is 20.3 Å². The van der Waals surface area contributed by atoms with E-state index in [4.69, 9.17) is 18.6 Å². The van der Waals surface area contributed by atoms with Crippen LogP contribution >= 0.6 is 0 Å². The van der Waals surface area contributed by atoms with Gasteiger partial charge >= 0.3 is 5.63 Å². The van der Waals surface area contributed by atoms with Gasteiger partial charge in [-0.3, -0.25) is 0 Å². The van der Waals surface area contributed by atoms with Crippen molar-refractivity contribution in [3.63, 3.8) is 0 Å². The number of rotatable bonds is 12. The van der Waals surface area contributed by atoms with E-state index in [1.54, 1.807) is 12.1 Å². The zero-order valence-corrected chi connectivity index (χ0v) is 19.3. The van der Waals surface area contributed by atoms with Gasteiger partial charge in [-0.05, 0) is 64.7 Å². The molecule has 0 saturated heterocycles. The minimum Gasteiger partial charge on any atom is -0.492 e. The van der Waals surface area contributed by atoms with E-state index in [1.807, 2.05) is 12.1 Å². The highest BCUT2D eigenvalue weighted by molar-refractivity contribution is 5.91. The van der Waals surface area contributed by atoms with E-state index in [0.29, 0.717) is 42.1 Å². The largest absolute Gasteiger partial charge is 0.492 e. The molecule has 0 bridgehead atoms. The molecule has 0 saturated carbocycles. The zero-order chi connectivity index (χ0) is 22.6. The van der Waals surface area contributed by atoms with Crippen molar-refractivity contribution in [3.05, 3.63) is 64.1 Å².